The predicted molar refractivity (Wildman–Crippen MR) is 84.2 cm³/mol. The smallest absolute Gasteiger partial charge is 0.271 e. The van der Waals surface area contributed by atoms with Crippen molar-refractivity contribution >= 4 is 22.5 Å². The van der Waals surface area contributed by atoms with Crippen molar-refractivity contribution in [3.8, 4) is 5.75 Å². The average molecular weight is 311 g/mol. The molecule has 1 unspecified atom stereocenters. The van der Waals surface area contributed by atoms with E-state index in [-0.39, 0.29) is 17.7 Å². The highest BCUT2D eigenvalue weighted by Crippen LogP contribution is 2.29. The summed E-state index contributed by atoms with van der Waals surface area (Å²) < 4.78 is 5.58. The predicted octanol–water partition coefficient (Wildman–Crippen LogP) is 1.92. The van der Waals surface area contributed by atoms with Gasteiger partial charge in [0.05, 0.1) is 5.52 Å². The third-order valence-electron chi connectivity index (χ3n) is 3.00. The number of H-pyrrole nitrogens is 1. The van der Waals surface area contributed by atoms with Gasteiger partial charge in [0.2, 0.25) is 0 Å². The molecule has 0 spiro atoms. The van der Waals surface area contributed by atoms with Crippen molar-refractivity contribution in [3.05, 3.63) is 39.6 Å². The minimum atomic E-state index is -0.679. The molecule has 0 aliphatic heterocycles. The second-order valence-electron chi connectivity index (χ2n) is 5.17. The lowest BCUT2D eigenvalue weighted by Gasteiger charge is -2.16. The molecule has 21 heavy (non-hydrogen) atoms. The van der Waals surface area contributed by atoms with Crippen LogP contribution in [0, 0.1) is 0 Å². The van der Waals surface area contributed by atoms with Gasteiger partial charge in [-0.1, -0.05) is 37.6 Å². The molecule has 1 aromatic heterocycles. The topological polar surface area (TPSA) is 74.3 Å². The van der Waals surface area contributed by atoms with Crippen molar-refractivity contribution in [1.29, 1.82) is 0 Å². The van der Waals surface area contributed by atoms with Gasteiger partial charge in [-0.15, -0.1) is 0 Å². The molecule has 1 atom stereocenters. The lowest BCUT2D eigenvalue weighted by molar-refractivity contribution is 0.105. The Morgan fingerprint density at radius 1 is 1.38 bits per heavy atom. The largest absolute Gasteiger partial charge is 0.488 e. The normalized spacial score (nSPS) is 12.8. The summed E-state index contributed by atoms with van der Waals surface area (Å²) in [6.07, 6.45) is -0.679. The molecule has 5 nitrogen and oxygen atoms in total. The Kier molecular flexibility index (Phi) is 5.22. The number of nitrogens with one attached hydrogen (secondary N) is 2. The Morgan fingerprint density at radius 3 is 2.81 bits per heavy atom. The van der Waals surface area contributed by atoms with Gasteiger partial charge in [0.15, 0.2) is 5.75 Å². The van der Waals surface area contributed by atoms with Crippen molar-refractivity contribution < 1.29 is 9.84 Å². The van der Waals surface area contributed by atoms with E-state index in [1.807, 2.05) is 32.0 Å². The number of hydrogen-bond acceptors (Lipinski definition) is 4. The Morgan fingerprint density at radius 2 is 2.10 bits per heavy atom. The maximum atomic E-state index is 11.8. The Hall–Kier alpha value is -1.56. The average Bonchev–Trinajstić information content (AvgIpc) is 2.45. The van der Waals surface area contributed by atoms with E-state index in [1.54, 1.807) is 6.07 Å². The number of hydrogen-bond donors (Lipinski definition) is 3. The van der Waals surface area contributed by atoms with Gasteiger partial charge in [0, 0.05) is 18.0 Å². The molecule has 2 rings (SSSR count). The zero-order chi connectivity index (χ0) is 15.4. The van der Waals surface area contributed by atoms with Crippen LogP contribution in [0.3, 0.4) is 0 Å². The number of aromatic amines is 1. The van der Waals surface area contributed by atoms with Gasteiger partial charge in [-0.25, -0.2) is 0 Å². The maximum Gasteiger partial charge on any atom is 0.271 e. The van der Waals surface area contributed by atoms with Crippen LogP contribution in [0.1, 0.15) is 13.8 Å². The number of halogens is 1. The van der Waals surface area contributed by atoms with Crippen LogP contribution >= 0.6 is 11.6 Å². The van der Waals surface area contributed by atoms with Crippen molar-refractivity contribution in [2.75, 3.05) is 13.2 Å². The quantitative estimate of drug-likeness (QED) is 0.762. The third-order valence-corrected chi connectivity index (χ3v) is 3.34. The molecule has 0 saturated carbocycles. The molecule has 114 valence electrons. The van der Waals surface area contributed by atoms with Gasteiger partial charge < -0.3 is 20.1 Å². The van der Waals surface area contributed by atoms with Gasteiger partial charge in [0.25, 0.3) is 5.56 Å². The van der Waals surface area contributed by atoms with Crippen molar-refractivity contribution in [2.45, 2.75) is 26.0 Å². The molecule has 0 aliphatic carbocycles. The van der Waals surface area contributed by atoms with Gasteiger partial charge in [-0.3, -0.25) is 4.79 Å². The summed E-state index contributed by atoms with van der Waals surface area (Å²) in [4.78, 5) is 14.5. The Bertz CT molecular complexity index is 670. The fraction of sp³-hybridized carbons (Fsp3) is 0.400. The van der Waals surface area contributed by atoms with Gasteiger partial charge in [0.1, 0.15) is 17.7 Å². The van der Waals surface area contributed by atoms with Gasteiger partial charge >= 0.3 is 0 Å². The third kappa shape index (κ3) is 3.97. The summed E-state index contributed by atoms with van der Waals surface area (Å²) in [5, 5.41) is 13.7. The number of ether oxygens (including phenoxy) is 1. The molecule has 0 amide bonds. The van der Waals surface area contributed by atoms with Gasteiger partial charge in [-0.2, -0.15) is 0 Å². The molecule has 1 aromatic carbocycles. The minimum absolute atomic E-state index is 0.00211. The molecule has 1 heterocycles. The van der Waals surface area contributed by atoms with Crippen molar-refractivity contribution in [1.82, 2.24) is 10.3 Å². The second-order valence-corrected chi connectivity index (χ2v) is 5.55. The van der Waals surface area contributed by atoms with Crippen LogP contribution < -0.4 is 15.6 Å². The summed E-state index contributed by atoms with van der Waals surface area (Å²) >= 11 is 6.02. The minimum Gasteiger partial charge on any atom is -0.488 e. The first-order chi connectivity index (χ1) is 9.99. The summed E-state index contributed by atoms with van der Waals surface area (Å²) in [6, 6.07) is 7.52. The summed E-state index contributed by atoms with van der Waals surface area (Å²) in [7, 11) is 0. The first-order valence-electron chi connectivity index (χ1n) is 6.83. The first kappa shape index (κ1) is 15.8. The highest BCUT2D eigenvalue weighted by molar-refractivity contribution is 6.32. The monoisotopic (exact) mass is 310 g/mol. The first-order valence-corrected chi connectivity index (χ1v) is 7.21. The fourth-order valence-corrected chi connectivity index (χ4v) is 2.14. The van der Waals surface area contributed by atoms with Crippen LogP contribution in [0.2, 0.25) is 5.02 Å². The SMILES string of the molecule is CC(C)NCC(O)COc1c(Cl)c(=O)[nH]c2ccccc12. The van der Waals surface area contributed by atoms with Crippen LogP contribution in [-0.4, -0.2) is 35.4 Å². The van der Waals surface area contributed by atoms with Crippen LogP contribution in [0.4, 0.5) is 0 Å². The van der Waals surface area contributed by atoms with E-state index in [4.69, 9.17) is 16.3 Å². The maximum absolute atomic E-state index is 11.8. The lowest BCUT2D eigenvalue weighted by Crippen LogP contribution is -2.35. The number of benzene rings is 1. The number of aromatic nitrogens is 1. The Labute approximate surface area is 127 Å². The van der Waals surface area contributed by atoms with E-state index in [9.17, 15) is 9.90 Å². The molecule has 3 N–H and O–H groups in total. The number of rotatable bonds is 6. The molecular weight excluding hydrogens is 292 g/mol. The zero-order valence-electron chi connectivity index (χ0n) is 12.0. The van der Waals surface area contributed by atoms with E-state index >= 15 is 0 Å². The van der Waals surface area contributed by atoms with E-state index in [0.717, 1.165) is 0 Å². The van der Waals surface area contributed by atoms with E-state index in [2.05, 4.69) is 10.3 Å². The summed E-state index contributed by atoms with van der Waals surface area (Å²) in [5.41, 5.74) is 0.247. The lowest BCUT2D eigenvalue weighted by atomic mass is 10.2. The van der Waals surface area contributed by atoms with Crippen LogP contribution in [0.25, 0.3) is 10.9 Å². The summed E-state index contributed by atoms with van der Waals surface area (Å²) in [6.45, 7) is 4.46. The van der Waals surface area contributed by atoms with Crippen LogP contribution in [0.5, 0.6) is 5.75 Å². The molecule has 0 bridgehead atoms. The zero-order valence-corrected chi connectivity index (χ0v) is 12.8. The van der Waals surface area contributed by atoms with Crippen molar-refractivity contribution in [3.63, 3.8) is 0 Å². The fourth-order valence-electron chi connectivity index (χ4n) is 1.94. The highest BCUT2D eigenvalue weighted by atomic mass is 35.5. The number of pyridine rings is 1. The van der Waals surface area contributed by atoms with E-state index in [0.29, 0.717) is 23.2 Å². The number of aliphatic hydroxyl groups is 1. The van der Waals surface area contributed by atoms with Crippen LogP contribution in [-0.2, 0) is 0 Å². The molecule has 2 aromatic rings. The molecule has 6 heteroatoms. The van der Waals surface area contributed by atoms with E-state index in [1.165, 1.54) is 0 Å². The molecule has 0 radical (unpaired) electrons. The molecule has 0 fully saturated rings. The second kappa shape index (κ2) is 6.93. The molecule has 0 aliphatic rings. The molecular formula is C15H19ClN2O3. The van der Waals surface area contributed by atoms with Crippen molar-refractivity contribution in [2.24, 2.45) is 0 Å². The number of fused-ring (bicyclic) bond motifs is 1. The standard InChI is InChI=1S/C15H19ClN2O3/c1-9(2)17-7-10(19)8-21-14-11-5-3-4-6-12(11)18-15(20)13(14)16/h3-6,9-10,17,19H,7-8H2,1-2H3,(H,18,20). The van der Waals surface area contributed by atoms with Crippen LogP contribution in [0.15, 0.2) is 29.1 Å². The highest BCUT2D eigenvalue weighted by Gasteiger charge is 2.14. The Balaban J connectivity index is 2.18. The number of aliphatic hydroxyl groups excluding tert-OH is 1. The van der Waals surface area contributed by atoms with E-state index < -0.39 is 11.7 Å². The number of para-hydroxylation sites is 1. The molecule has 0 saturated heterocycles. The summed E-state index contributed by atoms with van der Waals surface area (Å²) in [5.74, 6) is 0.305. The van der Waals surface area contributed by atoms with Gasteiger partial charge in [-0.05, 0) is 12.1 Å².